The molecule has 0 radical (unpaired) electrons. The lowest BCUT2D eigenvalue weighted by Gasteiger charge is -2.15. The Morgan fingerprint density at radius 2 is 0.980 bits per heavy atom. The average Bonchev–Trinajstić information content (AvgIpc) is 3.09. The summed E-state index contributed by atoms with van der Waals surface area (Å²) in [5.74, 6) is 0.626. The molecule has 0 fully saturated rings. The monoisotopic (exact) mass is 690 g/mol. The first-order valence-corrected chi connectivity index (χ1v) is 17.3. The zero-order valence-electron chi connectivity index (χ0n) is 28.0. The van der Waals surface area contributed by atoms with Gasteiger partial charge in [-0.3, -0.25) is 9.59 Å². The van der Waals surface area contributed by atoms with Crippen molar-refractivity contribution in [2.24, 2.45) is 0 Å². The Kier molecular flexibility index (Phi) is 12.3. The van der Waals surface area contributed by atoms with E-state index < -0.39 is 21.7 Å². The van der Waals surface area contributed by atoms with Crippen LogP contribution in [0.3, 0.4) is 0 Å². The second kappa shape index (κ2) is 16.6. The molecule has 12 nitrogen and oxygen atoms in total. The maximum absolute atomic E-state index is 13.4. The highest BCUT2D eigenvalue weighted by atomic mass is 32.2. The Morgan fingerprint density at radius 3 is 1.31 bits per heavy atom. The summed E-state index contributed by atoms with van der Waals surface area (Å²) in [5.41, 5.74) is 13.8. The van der Waals surface area contributed by atoms with Crippen molar-refractivity contribution < 1.29 is 37.0 Å². The van der Waals surface area contributed by atoms with Crippen molar-refractivity contribution in [1.29, 1.82) is 0 Å². The summed E-state index contributed by atoms with van der Waals surface area (Å²) in [7, 11) is -0.973. The number of anilines is 4. The number of hydrogen-bond donors (Lipinski definition) is 4. The molecule has 0 heterocycles. The van der Waals surface area contributed by atoms with Gasteiger partial charge in [0.05, 0.1) is 48.4 Å². The fourth-order valence-electron chi connectivity index (χ4n) is 4.71. The van der Waals surface area contributed by atoms with Crippen LogP contribution in [0.2, 0.25) is 0 Å². The third kappa shape index (κ3) is 8.93. The predicted molar refractivity (Wildman–Crippen MR) is 190 cm³/mol. The normalized spacial score (nSPS) is 11.0. The fourth-order valence-corrected chi connectivity index (χ4v) is 5.97. The largest absolute Gasteiger partial charge is 0.493 e. The summed E-state index contributed by atoms with van der Waals surface area (Å²) in [4.78, 5) is 26.1. The van der Waals surface area contributed by atoms with Crippen LogP contribution < -0.4 is 41.0 Å². The zero-order chi connectivity index (χ0) is 35.6. The summed E-state index contributed by atoms with van der Waals surface area (Å²) in [6, 6.07) is 17.6. The van der Waals surface area contributed by atoms with Gasteiger partial charge in [-0.05, 0) is 73.5 Å². The first kappa shape index (κ1) is 36.4. The number of benzene rings is 4. The van der Waals surface area contributed by atoms with Crippen LogP contribution in [0, 0.1) is 0 Å². The molecule has 6 N–H and O–H groups in total. The van der Waals surface area contributed by atoms with Gasteiger partial charge in [0.2, 0.25) is 9.84 Å². The number of methoxy groups -OCH3 is 2. The van der Waals surface area contributed by atoms with Gasteiger partial charge < -0.3 is 41.0 Å². The number of hydrogen-bond acceptors (Lipinski definition) is 10. The third-order valence-corrected chi connectivity index (χ3v) is 9.30. The molecule has 0 aliphatic carbocycles. The van der Waals surface area contributed by atoms with E-state index in [1.165, 1.54) is 74.9 Å². The van der Waals surface area contributed by atoms with Crippen LogP contribution >= 0.6 is 0 Å². The molecule has 0 unspecified atom stereocenters. The number of nitrogen functional groups attached to an aromatic ring is 2. The lowest BCUT2D eigenvalue weighted by Crippen LogP contribution is -2.15. The van der Waals surface area contributed by atoms with Crippen LogP contribution in [0.1, 0.15) is 60.2 Å². The lowest BCUT2D eigenvalue weighted by atomic mass is 10.1. The van der Waals surface area contributed by atoms with E-state index >= 15 is 0 Å². The van der Waals surface area contributed by atoms with Crippen LogP contribution in [0.25, 0.3) is 0 Å². The van der Waals surface area contributed by atoms with Gasteiger partial charge in [-0.1, -0.05) is 26.7 Å². The van der Waals surface area contributed by atoms with Crippen molar-refractivity contribution in [2.45, 2.75) is 49.3 Å². The SMILES string of the molecule is CCCCOc1cc(N)c(C(=O)Nc2ccc(S(=O)(=O)c3ccc(NC(=O)c4cc(OC)c(OCCCC)cc4N)cc3)cc2)cc1OC. The van der Waals surface area contributed by atoms with Crippen LogP contribution in [0.4, 0.5) is 22.7 Å². The molecule has 49 heavy (non-hydrogen) atoms. The molecule has 0 saturated carbocycles. The van der Waals surface area contributed by atoms with Crippen LogP contribution in [-0.2, 0) is 9.84 Å². The standard InChI is InChI=1S/C36H42N4O8S/c1-5-7-17-47-33-21-29(37)27(19-31(33)45-3)35(41)39-23-9-13-25(14-10-23)49(43,44)26-15-11-24(12-16-26)40-36(42)28-20-32(46-4)34(22-30(28)38)48-18-8-6-2/h9-16,19-22H,5-8,17-18,37-38H2,1-4H3,(H,39,41)(H,40,42). The van der Waals surface area contributed by atoms with E-state index in [2.05, 4.69) is 10.6 Å². The van der Waals surface area contributed by atoms with E-state index in [-0.39, 0.29) is 32.3 Å². The van der Waals surface area contributed by atoms with Gasteiger partial charge in [-0.2, -0.15) is 0 Å². The third-order valence-electron chi connectivity index (χ3n) is 7.52. The molecular formula is C36H42N4O8S. The lowest BCUT2D eigenvalue weighted by molar-refractivity contribution is 0.101. The number of carbonyl (C=O) groups excluding carboxylic acids is 2. The molecule has 0 saturated heterocycles. The molecule has 4 aromatic rings. The van der Waals surface area contributed by atoms with Gasteiger partial charge in [0.1, 0.15) is 0 Å². The van der Waals surface area contributed by atoms with Gasteiger partial charge in [0.15, 0.2) is 23.0 Å². The van der Waals surface area contributed by atoms with E-state index in [1.807, 2.05) is 13.8 Å². The fraction of sp³-hybridized carbons (Fsp3) is 0.278. The van der Waals surface area contributed by atoms with Crippen molar-refractivity contribution in [3.63, 3.8) is 0 Å². The molecule has 2 amide bonds. The summed E-state index contributed by atoms with van der Waals surface area (Å²) in [6.45, 7) is 5.08. The van der Waals surface area contributed by atoms with Crippen molar-refractivity contribution in [2.75, 3.05) is 49.5 Å². The number of unbranched alkanes of at least 4 members (excludes halogenated alkanes) is 2. The number of ether oxygens (including phenoxy) is 4. The Morgan fingerprint density at radius 1 is 0.612 bits per heavy atom. The maximum atomic E-state index is 13.4. The Balaban J connectivity index is 1.43. The highest BCUT2D eigenvalue weighted by Gasteiger charge is 2.21. The summed E-state index contributed by atoms with van der Waals surface area (Å²) in [5, 5.41) is 5.46. The first-order chi connectivity index (χ1) is 23.5. The van der Waals surface area contributed by atoms with Crippen LogP contribution in [-0.4, -0.2) is 47.7 Å². The minimum Gasteiger partial charge on any atom is -0.493 e. The number of sulfone groups is 1. The summed E-state index contributed by atoms with van der Waals surface area (Å²) >= 11 is 0. The highest BCUT2D eigenvalue weighted by molar-refractivity contribution is 7.91. The molecule has 4 aromatic carbocycles. The van der Waals surface area contributed by atoms with Crippen molar-refractivity contribution >= 4 is 44.4 Å². The number of nitrogens with two attached hydrogens (primary N) is 2. The quantitative estimate of drug-likeness (QED) is 0.0742. The predicted octanol–water partition coefficient (Wildman–Crippen LogP) is 6.56. The van der Waals surface area contributed by atoms with Gasteiger partial charge in [-0.15, -0.1) is 0 Å². The number of nitrogens with one attached hydrogen (secondary N) is 2. The van der Waals surface area contributed by atoms with Gasteiger partial charge >= 0.3 is 0 Å². The van der Waals surface area contributed by atoms with Gasteiger partial charge in [-0.25, -0.2) is 8.42 Å². The molecule has 0 aromatic heterocycles. The summed E-state index contributed by atoms with van der Waals surface area (Å²) in [6.07, 6.45) is 3.64. The van der Waals surface area contributed by atoms with Crippen LogP contribution in [0.5, 0.6) is 23.0 Å². The zero-order valence-corrected chi connectivity index (χ0v) is 28.8. The van der Waals surface area contributed by atoms with E-state index in [1.54, 1.807) is 12.1 Å². The van der Waals surface area contributed by atoms with Gasteiger partial charge in [0.25, 0.3) is 11.8 Å². The number of amides is 2. The van der Waals surface area contributed by atoms with E-state index in [0.29, 0.717) is 47.6 Å². The number of carbonyl (C=O) groups is 2. The molecule has 0 aliphatic heterocycles. The molecule has 260 valence electrons. The minimum absolute atomic E-state index is 0.0122. The van der Waals surface area contributed by atoms with Gasteiger partial charge in [0, 0.05) is 34.9 Å². The molecule has 0 aliphatic rings. The summed E-state index contributed by atoms with van der Waals surface area (Å²) < 4.78 is 49.0. The molecular weight excluding hydrogens is 648 g/mol. The molecule has 4 rings (SSSR count). The van der Waals surface area contributed by atoms with E-state index in [4.69, 9.17) is 30.4 Å². The van der Waals surface area contributed by atoms with Crippen LogP contribution in [0.15, 0.2) is 82.6 Å². The van der Waals surface area contributed by atoms with Crippen molar-refractivity contribution in [3.05, 3.63) is 83.9 Å². The van der Waals surface area contributed by atoms with E-state index in [0.717, 1.165) is 25.7 Å². The minimum atomic E-state index is -3.92. The smallest absolute Gasteiger partial charge is 0.257 e. The second-order valence-corrected chi connectivity index (χ2v) is 13.0. The average molecular weight is 691 g/mol. The van der Waals surface area contributed by atoms with Crippen molar-refractivity contribution in [1.82, 2.24) is 0 Å². The maximum Gasteiger partial charge on any atom is 0.257 e. The number of rotatable bonds is 16. The Bertz CT molecular complexity index is 1750. The molecule has 13 heteroatoms. The molecule has 0 atom stereocenters. The molecule has 0 spiro atoms. The Hall–Kier alpha value is -5.43. The van der Waals surface area contributed by atoms with E-state index in [9.17, 15) is 18.0 Å². The molecule has 0 bridgehead atoms. The van der Waals surface area contributed by atoms with Crippen molar-refractivity contribution in [3.8, 4) is 23.0 Å². The highest BCUT2D eigenvalue weighted by Crippen LogP contribution is 2.34. The topological polar surface area (TPSA) is 181 Å². The second-order valence-electron chi connectivity index (χ2n) is 11.0. The first-order valence-electron chi connectivity index (χ1n) is 15.8. The Labute approximate surface area is 286 Å².